The molecule has 0 amide bonds. The van der Waals surface area contributed by atoms with Gasteiger partial charge in [0.25, 0.3) is 0 Å². The summed E-state index contributed by atoms with van der Waals surface area (Å²) in [7, 11) is 0. The Balaban J connectivity index is 1.63. The first-order chi connectivity index (χ1) is 17.9. The molecular formula is C30H25ClN2O3S. The molecule has 37 heavy (non-hydrogen) atoms. The van der Waals surface area contributed by atoms with Crippen LogP contribution in [0.2, 0.25) is 5.02 Å². The van der Waals surface area contributed by atoms with Gasteiger partial charge in [0.15, 0.2) is 5.78 Å². The van der Waals surface area contributed by atoms with Crippen molar-refractivity contribution in [1.29, 1.82) is 5.26 Å². The highest BCUT2D eigenvalue weighted by Gasteiger charge is 2.35. The third kappa shape index (κ3) is 6.32. The predicted octanol–water partition coefficient (Wildman–Crippen LogP) is 6.70. The Morgan fingerprint density at radius 1 is 1.00 bits per heavy atom. The van der Waals surface area contributed by atoms with Crippen molar-refractivity contribution in [2.24, 2.45) is 0 Å². The number of esters is 1. The van der Waals surface area contributed by atoms with Crippen LogP contribution in [0.4, 0.5) is 0 Å². The monoisotopic (exact) mass is 528 g/mol. The molecule has 0 radical (unpaired) electrons. The van der Waals surface area contributed by atoms with Crippen LogP contribution < -0.4 is 5.32 Å². The maximum atomic E-state index is 13.3. The molecule has 186 valence electrons. The van der Waals surface area contributed by atoms with Gasteiger partial charge in [-0.15, -0.1) is 0 Å². The maximum Gasteiger partial charge on any atom is 0.337 e. The van der Waals surface area contributed by atoms with E-state index in [1.54, 1.807) is 43.3 Å². The van der Waals surface area contributed by atoms with Crippen LogP contribution in [0.1, 0.15) is 39.9 Å². The quantitative estimate of drug-likeness (QED) is 0.259. The van der Waals surface area contributed by atoms with Gasteiger partial charge >= 0.3 is 5.97 Å². The van der Waals surface area contributed by atoms with Crippen LogP contribution in [-0.4, -0.2) is 17.5 Å². The van der Waals surface area contributed by atoms with E-state index in [1.807, 2.05) is 49.4 Å². The molecule has 1 N–H and O–H groups in total. The number of nitrogens with zero attached hydrogens (tertiary/aromatic N) is 1. The molecule has 0 saturated carbocycles. The van der Waals surface area contributed by atoms with Crippen LogP contribution in [0.3, 0.4) is 0 Å². The smallest absolute Gasteiger partial charge is 0.337 e. The van der Waals surface area contributed by atoms with Crippen molar-refractivity contribution in [2.45, 2.75) is 26.4 Å². The van der Waals surface area contributed by atoms with Gasteiger partial charge in [0, 0.05) is 16.3 Å². The number of carbonyl (C=O) groups is 2. The number of hydrogen-bond donors (Lipinski definition) is 1. The maximum absolute atomic E-state index is 13.3. The van der Waals surface area contributed by atoms with Crippen LogP contribution in [0, 0.1) is 18.3 Å². The molecular weight excluding hydrogens is 504 g/mol. The van der Waals surface area contributed by atoms with E-state index in [9.17, 15) is 14.9 Å². The molecule has 3 aromatic carbocycles. The molecule has 1 atom stereocenters. The Morgan fingerprint density at radius 3 is 2.32 bits per heavy atom. The molecule has 3 aromatic rings. The summed E-state index contributed by atoms with van der Waals surface area (Å²) in [5.41, 5.74) is 4.55. The third-order valence-corrected chi connectivity index (χ3v) is 7.27. The lowest BCUT2D eigenvalue weighted by Gasteiger charge is -2.29. The second kappa shape index (κ2) is 12.0. The highest BCUT2D eigenvalue weighted by Crippen LogP contribution is 2.41. The number of dihydropyridines is 1. The molecule has 1 aliphatic rings. The van der Waals surface area contributed by atoms with E-state index in [4.69, 9.17) is 16.3 Å². The van der Waals surface area contributed by atoms with Crippen molar-refractivity contribution < 1.29 is 14.3 Å². The van der Waals surface area contributed by atoms with Crippen molar-refractivity contribution in [3.8, 4) is 6.07 Å². The first-order valence-electron chi connectivity index (χ1n) is 11.7. The van der Waals surface area contributed by atoms with E-state index in [0.29, 0.717) is 32.5 Å². The fourth-order valence-electron chi connectivity index (χ4n) is 4.05. The lowest BCUT2D eigenvalue weighted by atomic mass is 9.82. The molecule has 0 aromatic heterocycles. The van der Waals surface area contributed by atoms with Crippen molar-refractivity contribution in [2.75, 3.05) is 5.75 Å². The molecule has 0 saturated heterocycles. The molecule has 0 fully saturated rings. The molecule has 1 heterocycles. The number of carbonyl (C=O) groups excluding carboxylic acids is 2. The summed E-state index contributed by atoms with van der Waals surface area (Å²) in [6.07, 6.45) is 0. The van der Waals surface area contributed by atoms with Gasteiger partial charge in [-0.25, -0.2) is 4.79 Å². The zero-order chi connectivity index (χ0) is 26.4. The molecule has 7 heteroatoms. The Hall–Kier alpha value is -3.79. The summed E-state index contributed by atoms with van der Waals surface area (Å²) >= 11 is 7.36. The lowest BCUT2D eigenvalue weighted by molar-refractivity contribution is -0.140. The highest BCUT2D eigenvalue weighted by atomic mass is 35.5. The van der Waals surface area contributed by atoms with Crippen LogP contribution in [-0.2, 0) is 16.1 Å². The fourth-order valence-corrected chi connectivity index (χ4v) is 5.16. The van der Waals surface area contributed by atoms with E-state index in [0.717, 1.165) is 16.7 Å². The number of rotatable bonds is 8. The van der Waals surface area contributed by atoms with Gasteiger partial charge in [0.2, 0.25) is 0 Å². The minimum absolute atomic E-state index is 0.0469. The number of aryl methyl sites for hydroxylation is 1. The summed E-state index contributed by atoms with van der Waals surface area (Å²) in [6, 6.07) is 26.1. The van der Waals surface area contributed by atoms with E-state index < -0.39 is 11.9 Å². The average molecular weight is 529 g/mol. The van der Waals surface area contributed by atoms with Crippen molar-refractivity contribution in [1.82, 2.24) is 5.32 Å². The van der Waals surface area contributed by atoms with E-state index >= 15 is 0 Å². The minimum Gasteiger partial charge on any atom is -0.457 e. The number of ketones is 1. The first kappa shape index (κ1) is 26.3. The molecule has 4 rings (SSSR count). The zero-order valence-corrected chi connectivity index (χ0v) is 22.0. The summed E-state index contributed by atoms with van der Waals surface area (Å²) in [5.74, 6) is -1.08. The van der Waals surface area contributed by atoms with Gasteiger partial charge in [0.05, 0.1) is 33.9 Å². The van der Waals surface area contributed by atoms with Gasteiger partial charge in [-0.05, 0) is 37.1 Å². The standard InChI is InChI=1S/C30H25ClN2O3S/c1-19-8-10-22(11-9-19)26(34)18-37-29-25(16-32)28(23-12-14-24(31)15-13-23)27(20(2)33-29)30(35)36-17-21-6-4-3-5-7-21/h3-15,28,33H,17-18H2,1-2H3. The van der Waals surface area contributed by atoms with E-state index in [2.05, 4.69) is 11.4 Å². The summed E-state index contributed by atoms with van der Waals surface area (Å²) in [5, 5.41) is 14.5. The molecule has 5 nitrogen and oxygen atoms in total. The summed E-state index contributed by atoms with van der Waals surface area (Å²) in [6.45, 7) is 3.86. The second-order valence-electron chi connectivity index (χ2n) is 8.64. The lowest BCUT2D eigenvalue weighted by Crippen LogP contribution is -2.29. The number of hydrogen-bond acceptors (Lipinski definition) is 6. The van der Waals surface area contributed by atoms with Crippen molar-refractivity contribution >= 4 is 35.1 Å². The SMILES string of the molecule is CC1=C(C(=O)OCc2ccccc2)C(c2ccc(Cl)cc2)C(C#N)=C(SCC(=O)c2ccc(C)cc2)N1. The van der Waals surface area contributed by atoms with E-state index in [1.165, 1.54) is 11.8 Å². The topological polar surface area (TPSA) is 79.2 Å². The molecule has 0 spiro atoms. The third-order valence-electron chi connectivity index (χ3n) is 6.00. The Kier molecular flexibility index (Phi) is 8.50. The number of ether oxygens (including phenoxy) is 1. The summed E-state index contributed by atoms with van der Waals surface area (Å²) in [4.78, 5) is 26.1. The molecule has 1 unspecified atom stereocenters. The number of nitrogens with one attached hydrogen (secondary N) is 1. The van der Waals surface area contributed by atoms with Crippen molar-refractivity contribution in [3.63, 3.8) is 0 Å². The second-order valence-corrected chi connectivity index (χ2v) is 10.1. The van der Waals surface area contributed by atoms with Gasteiger partial charge < -0.3 is 10.1 Å². The molecule has 0 bridgehead atoms. The van der Waals surface area contributed by atoms with E-state index in [-0.39, 0.29) is 18.1 Å². The Labute approximate surface area is 225 Å². The Morgan fingerprint density at radius 2 is 1.68 bits per heavy atom. The van der Waals surface area contributed by atoms with Crippen LogP contribution in [0.5, 0.6) is 0 Å². The number of benzene rings is 3. The normalized spacial score (nSPS) is 15.1. The van der Waals surface area contributed by atoms with Gasteiger partial charge in [0.1, 0.15) is 6.61 Å². The number of thioether (sulfide) groups is 1. The van der Waals surface area contributed by atoms with Gasteiger partial charge in [-0.3, -0.25) is 4.79 Å². The predicted molar refractivity (Wildman–Crippen MR) is 147 cm³/mol. The van der Waals surface area contributed by atoms with Crippen molar-refractivity contribution in [3.05, 3.63) is 128 Å². The van der Waals surface area contributed by atoms with Gasteiger partial charge in [-0.2, -0.15) is 5.26 Å². The number of nitriles is 1. The van der Waals surface area contributed by atoms with Crippen LogP contribution in [0.15, 0.2) is 101 Å². The van der Waals surface area contributed by atoms with Gasteiger partial charge in [-0.1, -0.05) is 95.7 Å². The highest BCUT2D eigenvalue weighted by molar-refractivity contribution is 8.03. The Bertz CT molecular complexity index is 1410. The largest absolute Gasteiger partial charge is 0.457 e. The fraction of sp³-hybridized carbons (Fsp3) is 0.167. The summed E-state index contributed by atoms with van der Waals surface area (Å²) < 4.78 is 5.65. The number of halogens is 1. The number of Topliss-reactive ketones (excluding diaryl/α,β-unsaturated/α-hetero) is 1. The first-order valence-corrected chi connectivity index (χ1v) is 13.0. The average Bonchev–Trinajstić information content (AvgIpc) is 2.91. The minimum atomic E-state index is -0.663. The van der Waals surface area contributed by atoms with Crippen LogP contribution >= 0.6 is 23.4 Å². The number of allylic oxidation sites excluding steroid dienone is 2. The zero-order valence-electron chi connectivity index (χ0n) is 20.5. The molecule has 0 aliphatic carbocycles. The van der Waals surface area contributed by atoms with Crippen LogP contribution in [0.25, 0.3) is 0 Å². The molecule has 1 aliphatic heterocycles.